The first-order valence-corrected chi connectivity index (χ1v) is 12.2. The number of carbonyl (C=O) groups is 3. The van der Waals surface area contributed by atoms with Crippen molar-refractivity contribution in [3.8, 4) is 5.75 Å². The van der Waals surface area contributed by atoms with Crippen molar-refractivity contribution in [2.24, 2.45) is 0 Å². The molecule has 0 bridgehead atoms. The van der Waals surface area contributed by atoms with Gasteiger partial charge in [-0.15, -0.1) is 0 Å². The van der Waals surface area contributed by atoms with E-state index in [0.717, 1.165) is 5.56 Å². The van der Waals surface area contributed by atoms with Crippen LogP contribution in [0.3, 0.4) is 0 Å². The Morgan fingerprint density at radius 3 is 2.45 bits per heavy atom. The standard InChI is InChI=1S/C26H29F3N4O5/c1-15-3-5-16(6-4-15)31-25(36)32-17-7-10-21-19(11-17)24(35)33(2)20-9-8-18(38-22(20)13-37-21)12-23(34)30-14-26(27,28)29/h3-7,10-11,18,20,22H,8-9,12-14H2,1-2H3,(H,30,34)(H2,31,32,36)/t18-,20+,22-/m1/s1. The van der Waals surface area contributed by atoms with Crippen LogP contribution in [0.15, 0.2) is 42.5 Å². The van der Waals surface area contributed by atoms with Crippen LogP contribution in [0.2, 0.25) is 0 Å². The molecule has 3 N–H and O–H groups in total. The molecule has 4 rings (SSSR count). The molecule has 4 amide bonds. The van der Waals surface area contributed by atoms with Gasteiger partial charge in [0.1, 0.15) is 25.0 Å². The maximum atomic E-state index is 13.3. The number of hydrogen-bond acceptors (Lipinski definition) is 5. The van der Waals surface area contributed by atoms with E-state index in [1.54, 1.807) is 42.3 Å². The predicted octanol–water partition coefficient (Wildman–Crippen LogP) is 4.09. The van der Waals surface area contributed by atoms with E-state index >= 15 is 0 Å². The van der Waals surface area contributed by atoms with Crippen molar-refractivity contribution in [2.45, 2.75) is 50.6 Å². The van der Waals surface area contributed by atoms with Gasteiger partial charge in [0, 0.05) is 18.4 Å². The molecule has 0 aromatic heterocycles. The number of carbonyl (C=O) groups excluding carboxylic acids is 3. The fourth-order valence-corrected chi connectivity index (χ4v) is 4.51. The van der Waals surface area contributed by atoms with Gasteiger partial charge in [-0.2, -0.15) is 13.2 Å². The van der Waals surface area contributed by atoms with Crippen molar-refractivity contribution >= 4 is 29.2 Å². The third-order valence-corrected chi connectivity index (χ3v) is 6.48. The highest BCUT2D eigenvalue weighted by molar-refractivity contribution is 6.02. The summed E-state index contributed by atoms with van der Waals surface area (Å²) in [7, 11) is 1.64. The van der Waals surface area contributed by atoms with E-state index < -0.39 is 36.9 Å². The van der Waals surface area contributed by atoms with Gasteiger partial charge in [0.25, 0.3) is 5.91 Å². The Balaban J connectivity index is 1.40. The Hall–Kier alpha value is -3.80. The fraction of sp³-hybridized carbons (Fsp3) is 0.423. The Labute approximate surface area is 217 Å². The van der Waals surface area contributed by atoms with Crippen LogP contribution in [0, 0.1) is 6.92 Å². The number of aryl methyl sites for hydroxylation is 1. The topological polar surface area (TPSA) is 109 Å². The third kappa shape index (κ3) is 6.94. The van der Waals surface area contributed by atoms with Crippen LogP contribution >= 0.6 is 0 Å². The SMILES string of the molecule is Cc1ccc(NC(=O)Nc2ccc3c(c2)C(=O)N(C)[C@H]2CC[C@H](CC(=O)NCC(F)(F)F)O[C@@H]2CO3)cc1. The molecule has 1 fully saturated rings. The first kappa shape index (κ1) is 27.2. The molecule has 0 aliphatic carbocycles. The van der Waals surface area contributed by atoms with Crippen molar-refractivity contribution in [1.29, 1.82) is 0 Å². The molecular weight excluding hydrogens is 505 g/mol. The molecule has 2 aromatic rings. The molecular formula is C26H29F3N4O5. The first-order chi connectivity index (χ1) is 18.0. The maximum absolute atomic E-state index is 13.3. The van der Waals surface area contributed by atoms with E-state index in [1.807, 2.05) is 24.4 Å². The molecule has 12 heteroatoms. The smallest absolute Gasteiger partial charge is 0.405 e. The van der Waals surface area contributed by atoms with E-state index in [2.05, 4.69) is 10.6 Å². The van der Waals surface area contributed by atoms with Crippen LogP contribution in [-0.2, 0) is 9.53 Å². The average molecular weight is 535 g/mol. The van der Waals surface area contributed by atoms with Crippen molar-refractivity contribution in [2.75, 3.05) is 30.8 Å². The molecule has 2 aromatic carbocycles. The summed E-state index contributed by atoms with van der Waals surface area (Å²) >= 11 is 0. The van der Waals surface area contributed by atoms with Crippen LogP contribution in [-0.4, -0.2) is 67.4 Å². The molecule has 0 radical (unpaired) electrons. The molecule has 2 aliphatic rings. The zero-order valence-electron chi connectivity index (χ0n) is 20.9. The van der Waals surface area contributed by atoms with Gasteiger partial charge in [-0.25, -0.2) is 4.79 Å². The molecule has 204 valence electrons. The minimum atomic E-state index is -4.49. The largest absolute Gasteiger partial charge is 0.490 e. The number of ether oxygens (including phenoxy) is 2. The Kier molecular flexibility index (Phi) is 8.10. The third-order valence-electron chi connectivity index (χ3n) is 6.48. The number of amides is 4. The number of rotatable bonds is 5. The highest BCUT2D eigenvalue weighted by Crippen LogP contribution is 2.32. The average Bonchev–Trinajstić information content (AvgIpc) is 2.86. The summed E-state index contributed by atoms with van der Waals surface area (Å²) in [5.41, 5.74) is 2.36. The molecule has 9 nitrogen and oxygen atoms in total. The zero-order chi connectivity index (χ0) is 27.4. The second kappa shape index (κ2) is 11.3. The van der Waals surface area contributed by atoms with Crippen molar-refractivity contribution in [3.63, 3.8) is 0 Å². The lowest BCUT2D eigenvalue weighted by Gasteiger charge is -2.42. The Bertz CT molecular complexity index is 1190. The molecule has 3 atom stereocenters. The molecule has 0 saturated carbocycles. The number of halogens is 3. The summed E-state index contributed by atoms with van der Waals surface area (Å²) in [6.45, 7) is 0.627. The minimum Gasteiger partial charge on any atom is -0.490 e. The summed E-state index contributed by atoms with van der Waals surface area (Å²) in [6.07, 6.45) is -4.98. The first-order valence-electron chi connectivity index (χ1n) is 12.2. The van der Waals surface area contributed by atoms with E-state index in [0.29, 0.717) is 30.0 Å². The van der Waals surface area contributed by atoms with E-state index in [1.165, 1.54) is 0 Å². The quantitative estimate of drug-likeness (QED) is 0.536. The van der Waals surface area contributed by atoms with Gasteiger partial charge in [-0.3, -0.25) is 9.59 Å². The fourth-order valence-electron chi connectivity index (χ4n) is 4.51. The second-order valence-corrected chi connectivity index (χ2v) is 9.42. The summed E-state index contributed by atoms with van der Waals surface area (Å²) in [5.74, 6) is -0.778. The number of likely N-dealkylation sites (N-methyl/N-ethyl adjacent to an activating group) is 1. The van der Waals surface area contributed by atoms with Gasteiger partial charge in [0.05, 0.1) is 24.1 Å². The van der Waals surface area contributed by atoms with Crippen molar-refractivity contribution in [1.82, 2.24) is 10.2 Å². The molecule has 38 heavy (non-hydrogen) atoms. The number of fused-ring (bicyclic) bond motifs is 2. The number of alkyl halides is 3. The summed E-state index contributed by atoms with van der Waals surface area (Å²) in [5, 5.41) is 7.30. The van der Waals surface area contributed by atoms with E-state index in [-0.39, 0.29) is 30.5 Å². The van der Waals surface area contributed by atoms with Crippen LogP contribution in [0.25, 0.3) is 0 Å². The van der Waals surface area contributed by atoms with Crippen LogP contribution in [0.1, 0.15) is 35.2 Å². The lowest BCUT2D eigenvalue weighted by Crippen LogP contribution is -2.54. The Morgan fingerprint density at radius 2 is 1.74 bits per heavy atom. The monoisotopic (exact) mass is 534 g/mol. The van der Waals surface area contributed by atoms with Crippen LogP contribution < -0.4 is 20.7 Å². The molecule has 1 saturated heterocycles. The molecule has 2 aliphatic heterocycles. The number of anilines is 2. The van der Waals surface area contributed by atoms with Gasteiger partial charge < -0.3 is 30.3 Å². The predicted molar refractivity (Wildman–Crippen MR) is 133 cm³/mol. The summed E-state index contributed by atoms with van der Waals surface area (Å²) in [4.78, 5) is 39.2. The number of nitrogens with one attached hydrogen (secondary N) is 3. The van der Waals surface area contributed by atoms with Crippen molar-refractivity contribution in [3.05, 3.63) is 53.6 Å². The molecule has 2 heterocycles. The van der Waals surface area contributed by atoms with Gasteiger partial charge in [-0.1, -0.05) is 17.7 Å². The molecule has 0 unspecified atom stereocenters. The number of urea groups is 1. The van der Waals surface area contributed by atoms with Gasteiger partial charge in [0.15, 0.2) is 0 Å². The second-order valence-electron chi connectivity index (χ2n) is 9.42. The van der Waals surface area contributed by atoms with E-state index in [9.17, 15) is 27.6 Å². The normalized spacial score (nSPS) is 21.2. The lowest BCUT2D eigenvalue weighted by molar-refractivity contribution is -0.144. The Morgan fingerprint density at radius 1 is 1.05 bits per heavy atom. The number of hydrogen-bond donors (Lipinski definition) is 3. The van der Waals surface area contributed by atoms with Crippen molar-refractivity contribution < 1.29 is 37.0 Å². The summed E-state index contributed by atoms with van der Waals surface area (Å²) in [6, 6.07) is 11.2. The van der Waals surface area contributed by atoms with Gasteiger partial charge in [0.2, 0.25) is 5.91 Å². The lowest BCUT2D eigenvalue weighted by atomic mass is 9.94. The van der Waals surface area contributed by atoms with Gasteiger partial charge >= 0.3 is 12.2 Å². The summed E-state index contributed by atoms with van der Waals surface area (Å²) < 4.78 is 48.9. The van der Waals surface area contributed by atoms with E-state index in [4.69, 9.17) is 9.47 Å². The van der Waals surface area contributed by atoms with Crippen LogP contribution in [0.5, 0.6) is 5.75 Å². The maximum Gasteiger partial charge on any atom is 0.405 e. The highest BCUT2D eigenvalue weighted by Gasteiger charge is 2.39. The number of nitrogens with zero attached hydrogens (tertiary/aromatic N) is 1. The number of benzene rings is 2. The van der Waals surface area contributed by atoms with Crippen LogP contribution in [0.4, 0.5) is 29.3 Å². The molecule has 0 spiro atoms. The minimum absolute atomic E-state index is 0.0800. The van der Waals surface area contributed by atoms with Gasteiger partial charge in [-0.05, 0) is 50.1 Å². The zero-order valence-corrected chi connectivity index (χ0v) is 20.9. The highest BCUT2D eigenvalue weighted by atomic mass is 19.4.